The Hall–Kier alpha value is -2.79. The summed E-state index contributed by atoms with van der Waals surface area (Å²) >= 11 is 0. The van der Waals surface area contributed by atoms with Gasteiger partial charge in [-0.3, -0.25) is 18.6 Å². The first-order valence-corrected chi connectivity index (χ1v) is 10.1. The number of rotatable bonds is 6. The molecule has 6 unspecified atom stereocenters. The van der Waals surface area contributed by atoms with Crippen LogP contribution in [0.4, 0.5) is 0 Å². The van der Waals surface area contributed by atoms with Gasteiger partial charge in [0.1, 0.15) is 0 Å². The molecule has 1 fully saturated rings. The predicted molar refractivity (Wildman–Crippen MR) is 100 cm³/mol. The fourth-order valence-corrected chi connectivity index (χ4v) is 4.31. The molecule has 164 valence electrons. The zero-order valence-electron chi connectivity index (χ0n) is 16.8. The maximum Gasteiger partial charge on any atom is 0.339 e. The van der Waals surface area contributed by atoms with Crippen molar-refractivity contribution in [3.05, 3.63) is 30.3 Å². The highest BCUT2D eigenvalue weighted by atomic mass is 32.2. The Kier molecular flexibility index (Phi) is 8.07. The van der Waals surface area contributed by atoms with Crippen molar-refractivity contribution in [2.75, 3.05) is 7.11 Å². The van der Waals surface area contributed by atoms with E-state index >= 15 is 0 Å². The van der Waals surface area contributed by atoms with Crippen LogP contribution >= 0.6 is 0 Å². The number of carbonyl (C=O) groups is 4. The van der Waals surface area contributed by atoms with E-state index < -0.39 is 64.5 Å². The summed E-state index contributed by atoms with van der Waals surface area (Å²) < 4.78 is 39.2. The van der Waals surface area contributed by atoms with Gasteiger partial charge in [0.2, 0.25) is 0 Å². The van der Waals surface area contributed by atoms with E-state index in [0.717, 1.165) is 27.9 Å². The number of carbonyl (C=O) groups excluding carboxylic acids is 4. The minimum atomic E-state index is -1.96. The van der Waals surface area contributed by atoms with Crippen molar-refractivity contribution < 1.29 is 47.1 Å². The van der Waals surface area contributed by atoms with Crippen LogP contribution in [0.2, 0.25) is 0 Å². The molecule has 1 aliphatic heterocycles. The van der Waals surface area contributed by atoms with Gasteiger partial charge in [-0.25, -0.2) is 4.79 Å². The van der Waals surface area contributed by atoms with Crippen LogP contribution in [0.3, 0.4) is 0 Å². The van der Waals surface area contributed by atoms with Gasteiger partial charge in [-0.05, 0) is 12.1 Å². The third-order valence-electron chi connectivity index (χ3n) is 4.02. The first-order valence-electron chi connectivity index (χ1n) is 8.86. The van der Waals surface area contributed by atoms with E-state index in [0.29, 0.717) is 4.90 Å². The molecule has 0 saturated carbocycles. The van der Waals surface area contributed by atoms with E-state index in [1.54, 1.807) is 30.3 Å². The molecule has 0 bridgehead atoms. The van der Waals surface area contributed by atoms with Gasteiger partial charge < -0.3 is 23.7 Å². The summed E-state index contributed by atoms with van der Waals surface area (Å²) in [5, 5.41) is 0. The van der Waals surface area contributed by atoms with Crippen LogP contribution in [-0.4, -0.2) is 65.0 Å². The Morgan fingerprint density at radius 3 is 1.83 bits per heavy atom. The zero-order valence-corrected chi connectivity index (χ0v) is 17.6. The number of benzene rings is 1. The molecule has 1 saturated heterocycles. The molecule has 0 spiro atoms. The van der Waals surface area contributed by atoms with Crippen LogP contribution in [0.5, 0.6) is 0 Å². The van der Waals surface area contributed by atoms with E-state index in [1.165, 1.54) is 0 Å². The maximum absolute atomic E-state index is 13.2. The second-order valence-corrected chi connectivity index (χ2v) is 7.81. The number of methoxy groups -OCH3 is 1. The standard InChI is InChI=1S/C19H22O10S/c1-10(20)26-14-15(27-11(2)21)17(28-12(3)22)19(29-16(14)18(23)25-4)30(24)13-8-6-5-7-9-13/h5-9,14-17,19H,1-4H3. The first-order chi connectivity index (χ1) is 14.1. The lowest BCUT2D eigenvalue weighted by atomic mass is 9.99. The highest BCUT2D eigenvalue weighted by Crippen LogP contribution is 2.32. The molecule has 0 aliphatic carbocycles. The van der Waals surface area contributed by atoms with Gasteiger partial charge >= 0.3 is 23.9 Å². The molecule has 0 radical (unpaired) electrons. The highest BCUT2D eigenvalue weighted by molar-refractivity contribution is 7.85. The van der Waals surface area contributed by atoms with Gasteiger partial charge in [0, 0.05) is 25.7 Å². The molecule has 11 heteroatoms. The number of hydrogen-bond acceptors (Lipinski definition) is 10. The summed E-state index contributed by atoms with van der Waals surface area (Å²) in [6.45, 7) is 3.26. The third kappa shape index (κ3) is 5.63. The molecule has 1 aromatic rings. The van der Waals surface area contributed by atoms with E-state index in [-0.39, 0.29) is 0 Å². The lowest BCUT2D eigenvalue weighted by Crippen LogP contribution is -2.64. The van der Waals surface area contributed by atoms with Gasteiger partial charge in [0.25, 0.3) is 0 Å². The van der Waals surface area contributed by atoms with E-state index in [9.17, 15) is 23.4 Å². The monoisotopic (exact) mass is 442 g/mol. The zero-order chi connectivity index (χ0) is 22.4. The highest BCUT2D eigenvalue weighted by Gasteiger charge is 2.56. The number of esters is 4. The van der Waals surface area contributed by atoms with Gasteiger partial charge in [0.05, 0.1) is 17.9 Å². The van der Waals surface area contributed by atoms with Crippen LogP contribution < -0.4 is 0 Å². The Morgan fingerprint density at radius 1 is 0.833 bits per heavy atom. The lowest BCUT2D eigenvalue weighted by Gasteiger charge is -2.43. The largest absolute Gasteiger partial charge is 0.467 e. The second-order valence-electron chi connectivity index (χ2n) is 6.28. The van der Waals surface area contributed by atoms with Crippen molar-refractivity contribution in [3.8, 4) is 0 Å². The molecule has 1 aromatic carbocycles. The summed E-state index contributed by atoms with van der Waals surface area (Å²) in [5.41, 5.74) is -1.42. The Balaban J connectivity index is 2.57. The van der Waals surface area contributed by atoms with Crippen molar-refractivity contribution >= 4 is 34.7 Å². The third-order valence-corrected chi connectivity index (χ3v) is 5.56. The minimum Gasteiger partial charge on any atom is -0.467 e. The molecule has 30 heavy (non-hydrogen) atoms. The fraction of sp³-hybridized carbons (Fsp3) is 0.474. The van der Waals surface area contributed by atoms with Gasteiger partial charge in [-0.15, -0.1) is 0 Å². The molecule has 0 aromatic heterocycles. The Bertz CT molecular complexity index is 824. The summed E-state index contributed by atoms with van der Waals surface area (Å²) in [6.07, 6.45) is -5.97. The maximum atomic E-state index is 13.2. The smallest absolute Gasteiger partial charge is 0.339 e. The van der Waals surface area contributed by atoms with Crippen LogP contribution in [0.1, 0.15) is 20.8 Å². The van der Waals surface area contributed by atoms with E-state index in [1.807, 2.05) is 0 Å². The summed E-state index contributed by atoms with van der Waals surface area (Å²) in [6, 6.07) is 8.09. The normalized spacial score (nSPS) is 26.7. The number of hydrogen-bond donors (Lipinski definition) is 0. The van der Waals surface area contributed by atoms with Crippen molar-refractivity contribution in [1.82, 2.24) is 0 Å². The average Bonchev–Trinajstić information content (AvgIpc) is 2.69. The quantitative estimate of drug-likeness (QED) is 0.453. The van der Waals surface area contributed by atoms with Crippen molar-refractivity contribution in [2.24, 2.45) is 0 Å². The Labute approximate surface area is 175 Å². The van der Waals surface area contributed by atoms with Crippen LogP contribution in [0.25, 0.3) is 0 Å². The number of ether oxygens (including phenoxy) is 5. The average molecular weight is 442 g/mol. The summed E-state index contributed by atoms with van der Waals surface area (Å²) in [7, 11) is -0.876. The molecule has 0 N–H and O–H groups in total. The van der Waals surface area contributed by atoms with Gasteiger partial charge in [-0.1, -0.05) is 18.2 Å². The van der Waals surface area contributed by atoms with E-state index in [2.05, 4.69) is 0 Å². The molecular formula is C19H22O10S. The molecular weight excluding hydrogens is 420 g/mol. The fourth-order valence-electron chi connectivity index (χ4n) is 2.94. The molecule has 6 atom stereocenters. The second kappa shape index (κ2) is 10.3. The summed E-state index contributed by atoms with van der Waals surface area (Å²) in [5.74, 6) is -3.34. The van der Waals surface area contributed by atoms with Crippen molar-refractivity contribution in [2.45, 2.75) is 55.5 Å². The molecule has 1 aliphatic rings. The minimum absolute atomic E-state index is 0.316. The molecule has 1 heterocycles. The lowest BCUT2D eigenvalue weighted by molar-refractivity contribution is -0.235. The van der Waals surface area contributed by atoms with Crippen LogP contribution in [0.15, 0.2) is 35.2 Å². The van der Waals surface area contributed by atoms with Crippen molar-refractivity contribution in [1.29, 1.82) is 0 Å². The van der Waals surface area contributed by atoms with Gasteiger partial charge in [-0.2, -0.15) is 0 Å². The molecule has 2 rings (SSSR count). The van der Waals surface area contributed by atoms with Gasteiger partial charge in [0.15, 0.2) is 29.9 Å². The predicted octanol–water partition coefficient (Wildman–Crippen LogP) is 0.487. The molecule has 0 amide bonds. The first kappa shape index (κ1) is 23.5. The SMILES string of the molecule is COC(=O)C1OC(S(=O)c2ccccc2)C(OC(C)=O)C(OC(C)=O)C1OC(C)=O. The van der Waals surface area contributed by atoms with Crippen LogP contribution in [0, 0.1) is 0 Å². The Morgan fingerprint density at radius 2 is 1.33 bits per heavy atom. The van der Waals surface area contributed by atoms with E-state index in [4.69, 9.17) is 23.7 Å². The topological polar surface area (TPSA) is 132 Å². The molecule has 10 nitrogen and oxygen atoms in total. The summed E-state index contributed by atoms with van der Waals surface area (Å²) in [4.78, 5) is 47.7. The van der Waals surface area contributed by atoms with Crippen LogP contribution in [-0.2, 0) is 53.7 Å². The van der Waals surface area contributed by atoms with Crippen molar-refractivity contribution in [3.63, 3.8) is 0 Å².